The standard InChI is InChI=1S/C17H12F4N2OS.BrH/c1-24-15-6-5-10(7-13(15)18)14-9-25-16(23-14)22-12-4-2-3-11(8-12)17(19,20)21;/h2-9H,1H3,(H,22,23);1H. The van der Waals surface area contributed by atoms with Crippen molar-refractivity contribution in [3.05, 3.63) is 59.2 Å². The highest BCUT2D eigenvalue weighted by molar-refractivity contribution is 8.93. The smallest absolute Gasteiger partial charge is 0.416 e. The van der Waals surface area contributed by atoms with Crippen LogP contribution in [0.15, 0.2) is 47.8 Å². The summed E-state index contributed by atoms with van der Waals surface area (Å²) in [6.45, 7) is 0. The average Bonchev–Trinajstić information content (AvgIpc) is 3.03. The SMILES string of the molecule is Br.COc1ccc(-c2csc(Nc3cccc(C(F)(F)F)c3)n2)cc1F. The molecule has 1 aromatic heterocycles. The van der Waals surface area contributed by atoms with Crippen LogP contribution in [0.2, 0.25) is 0 Å². The van der Waals surface area contributed by atoms with Gasteiger partial charge in [-0.05, 0) is 36.4 Å². The minimum Gasteiger partial charge on any atom is -0.494 e. The Labute approximate surface area is 161 Å². The minimum absolute atomic E-state index is 0. The fourth-order valence-electron chi connectivity index (χ4n) is 2.19. The zero-order chi connectivity index (χ0) is 18.0. The number of hydrogen-bond donors (Lipinski definition) is 1. The van der Waals surface area contributed by atoms with E-state index in [0.717, 1.165) is 12.1 Å². The molecule has 1 N–H and O–H groups in total. The van der Waals surface area contributed by atoms with Crippen LogP contribution in [-0.4, -0.2) is 12.1 Å². The van der Waals surface area contributed by atoms with Gasteiger partial charge < -0.3 is 10.1 Å². The number of nitrogens with zero attached hydrogens (tertiary/aromatic N) is 1. The number of aromatic nitrogens is 1. The van der Waals surface area contributed by atoms with Crippen LogP contribution < -0.4 is 10.1 Å². The molecule has 0 amide bonds. The van der Waals surface area contributed by atoms with Gasteiger partial charge in [-0.15, -0.1) is 28.3 Å². The molecule has 3 nitrogen and oxygen atoms in total. The molecule has 0 atom stereocenters. The second-order valence-corrected chi connectivity index (χ2v) is 5.95. The summed E-state index contributed by atoms with van der Waals surface area (Å²) in [4.78, 5) is 4.28. The van der Waals surface area contributed by atoms with Crippen molar-refractivity contribution in [2.24, 2.45) is 0 Å². The number of methoxy groups -OCH3 is 1. The molecule has 0 aliphatic heterocycles. The Kier molecular flexibility index (Phi) is 6.25. The fraction of sp³-hybridized carbons (Fsp3) is 0.118. The number of halogens is 5. The first-order valence-corrected chi connectivity index (χ1v) is 7.98. The molecule has 0 aliphatic carbocycles. The maximum absolute atomic E-state index is 13.8. The number of alkyl halides is 3. The van der Waals surface area contributed by atoms with Gasteiger partial charge in [-0.25, -0.2) is 9.37 Å². The molecule has 3 rings (SSSR count). The van der Waals surface area contributed by atoms with Crippen molar-refractivity contribution in [3.8, 4) is 17.0 Å². The monoisotopic (exact) mass is 448 g/mol. The van der Waals surface area contributed by atoms with Crippen LogP contribution in [0.25, 0.3) is 11.3 Å². The van der Waals surface area contributed by atoms with Gasteiger partial charge in [0.15, 0.2) is 16.7 Å². The van der Waals surface area contributed by atoms with Gasteiger partial charge in [-0.1, -0.05) is 6.07 Å². The van der Waals surface area contributed by atoms with Crippen LogP contribution in [0.1, 0.15) is 5.56 Å². The molecule has 9 heteroatoms. The van der Waals surface area contributed by atoms with E-state index < -0.39 is 17.6 Å². The third kappa shape index (κ3) is 4.53. The summed E-state index contributed by atoms with van der Waals surface area (Å²) in [6.07, 6.45) is -4.41. The maximum atomic E-state index is 13.8. The highest BCUT2D eigenvalue weighted by Gasteiger charge is 2.30. The molecule has 0 radical (unpaired) electrons. The predicted octanol–water partition coefficient (Wildman–Crippen LogP) is 6.30. The third-order valence-corrected chi connectivity index (χ3v) is 4.15. The summed E-state index contributed by atoms with van der Waals surface area (Å²) in [7, 11) is 1.37. The molecule has 138 valence electrons. The van der Waals surface area contributed by atoms with E-state index in [-0.39, 0.29) is 28.4 Å². The Balaban J connectivity index is 0.00000243. The van der Waals surface area contributed by atoms with E-state index >= 15 is 0 Å². The Morgan fingerprint density at radius 3 is 2.54 bits per heavy atom. The Morgan fingerprint density at radius 1 is 1.12 bits per heavy atom. The summed E-state index contributed by atoms with van der Waals surface area (Å²) in [5.74, 6) is -0.387. The van der Waals surface area contributed by atoms with E-state index in [9.17, 15) is 17.6 Å². The molecule has 0 aliphatic rings. The molecule has 26 heavy (non-hydrogen) atoms. The zero-order valence-electron chi connectivity index (χ0n) is 13.3. The number of benzene rings is 2. The van der Waals surface area contributed by atoms with Gasteiger partial charge >= 0.3 is 6.18 Å². The second kappa shape index (κ2) is 8.05. The van der Waals surface area contributed by atoms with Crippen molar-refractivity contribution < 1.29 is 22.3 Å². The van der Waals surface area contributed by atoms with Crippen LogP contribution in [0.5, 0.6) is 5.75 Å². The van der Waals surface area contributed by atoms with E-state index in [2.05, 4.69) is 10.3 Å². The summed E-state index contributed by atoms with van der Waals surface area (Å²) >= 11 is 1.21. The summed E-state index contributed by atoms with van der Waals surface area (Å²) in [5, 5.41) is 4.93. The number of ether oxygens (including phenoxy) is 1. The van der Waals surface area contributed by atoms with Crippen LogP contribution in [0.4, 0.5) is 28.4 Å². The predicted molar refractivity (Wildman–Crippen MR) is 99.1 cm³/mol. The molecule has 0 saturated carbocycles. The normalized spacial score (nSPS) is 11.0. The van der Waals surface area contributed by atoms with Crippen LogP contribution in [0, 0.1) is 5.82 Å². The van der Waals surface area contributed by atoms with Crippen molar-refractivity contribution in [3.63, 3.8) is 0 Å². The maximum Gasteiger partial charge on any atom is 0.416 e. The summed E-state index contributed by atoms with van der Waals surface area (Å²) < 4.78 is 56.9. The first-order valence-electron chi connectivity index (χ1n) is 7.10. The highest BCUT2D eigenvalue weighted by atomic mass is 79.9. The van der Waals surface area contributed by atoms with Gasteiger partial charge in [0, 0.05) is 16.6 Å². The quantitative estimate of drug-likeness (QED) is 0.475. The van der Waals surface area contributed by atoms with Gasteiger partial charge in [-0.3, -0.25) is 0 Å². The number of nitrogens with one attached hydrogen (secondary N) is 1. The summed E-state index contributed by atoms with van der Waals surface area (Å²) in [5.41, 5.74) is 0.593. The van der Waals surface area contributed by atoms with Gasteiger partial charge in [0.25, 0.3) is 0 Å². The van der Waals surface area contributed by atoms with Crippen molar-refractivity contribution in [1.29, 1.82) is 0 Å². The molecular formula is C17H13BrF4N2OS. The van der Waals surface area contributed by atoms with E-state index in [0.29, 0.717) is 16.4 Å². The van der Waals surface area contributed by atoms with Crippen LogP contribution in [-0.2, 0) is 6.18 Å². The van der Waals surface area contributed by atoms with Crippen LogP contribution in [0.3, 0.4) is 0 Å². The summed E-state index contributed by atoms with van der Waals surface area (Å²) in [6, 6.07) is 9.28. The molecule has 3 aromatic rings. The molecular weight excluding hydrogens is 436 g/mol. The minimum atomic E-state index is -4.41. The molecule has 0 bridgehead atoms. The number of thiazole rings is 1. The third-order valence-electron chi connectivity index (χ3n) is 3.39. The Morgan fingerprint density at radius 2 is 1.88 bits per heavy atom. The van der Waals surface area contributed by atoms with Crippen molar-refractivity contribution in [2.45, 2.75) is 6.18 Å². The van der Waals surface area contributed by atoms with E-state index in [4.69, 9.17) is 4.74 Å². The number of anilines is 2. The lowest BCUT2D eigenvalue weighted by Gasteiger charge is -2.09. The zero-order valence-corrected chi connectivity index (χ0v) is 15.8. The Bertz CT molecular complexity index is 898. The molecule has 2 aromatic carbocycles. The number of rotatable bonds is 4. The van der Waals surface area contributed by atoms with Crippen molar-refractivity contribution in [2.75, 3.05) is 12.4 Å². The van der Waals surface area contributed by atoms with Gasteiger partial charge in [0.2, 0.25) is 0 Å². The molecule has 0 spiro atoms. The van der Waals surface area contributed by atoms with Crippen molar-refractivity contribution in [1.82, 2.24) is 4.98 Å². The van der Waals surface area contributed by atoms with Crippen LogP contribution >= 0.6 is 28.3 Å². The topological polar surface area (TPSA) is 34.1 Å². The molecule has 0 saturated heterocycles. The van der Waals surface area contributed by atoms with Crippen molar-refractivity contribution >= 4 is 39.1 Å². The van der Waals surface area contributed by atoms with E-state index in [1.165, 1.54) is 42.7 Å². The average molecular weight is 449 g/mol. The largest absolute Gasteiger partial charge is 0.494 e. The van der Waals surface area contributed by atoms with Gasteiger partial charge in [0.1, 0.15) is 0 Å². The van der Waals surface area contributed by atoms with Gasteiger partial charge in [-0.2, -0.15) is 13.2 Å². The lowest BCUT2D eigenvalue weighted by molar-refractivity contribution is -0.137. The fourth-order valence-corrected chi connectivity index (χ4v) is 2.93. The number of hydrogen-bond acceptors (Lipinski definition) is 4. The molecule has 1 heterocycles. The van der Waals surface area contributed by atoms with Gasteiger partial charge in [0.05, 0.1) is 18.4 Å². The van der Waals surface area contributed by atoms with E-state index in [1.807, 2.05) is 0 Å². The lowest BCUT2D eigenvalue weighted by atomic mass is 10.1. The lowest BCUT2D eigenvalue weighted by Crippen LogP contribution is -2.05. The first kappa shape index (κ1) is 20.2. The van der Waals surface area contributed by atoms with E-state index in [1.54, 1.807) is 11.4 Å². The highest BCUT2D eigenvalue weighted by Crippen LogP contribution is 2.33. The molecule has 0 unspecified atom stereocenters. The molecule has 0 fully saturated rings. The first-order chi connectivity index (χ1) is 11.9. The second-order valence-electron chi connectivity index (χ2n) is 5.09. The Hall–Kier alpha value is -2.13.